The molecule has 2 aliphatic rings. The van der Waals surface area contributed by atoms with Crippen molar-refractivity contribution < 1.29 is 9.59 Å². The molecule has 17 heavy (non-hydrogen) atoms. The first kappa shape index (κ1) is 10.3. The Kier molecular flexibility index (Phi) is 2.35. The van der Waals surface area contributed by atoms with Gasteiger partial charge >= 0.3 is 6.03 Å². The smallest absolute Gasteiger partial charge is 0.322 e. The first-order chi connectivity index (χ1) is 8.25. The molecule has 1 aromatic carbocycles. The van der Waals surface area contributed by atoms with Crippen LogP contribution in [0.1, 0.15) is 24.3 Å². The van der Waals surface area contributed by atoms with Gasteiger partial charge in [0.15, 0.2) is 0 Å². The zero-order chi connectivity index (χ0) is 11.8. The van der Waals surface area contributed by atoms with Crippen molar-refractivity contribution in [3.63, 3.8) is 0 Å². The monoisotopic (exact) mass is 230 g/mol. The molecule has 2 fully saturated rings. The van der Waals surface area contributed by atoms with Crippen molar-refractivity contribution in [3.8, 4) is 0 Å². The van der Waals surface area contributed by atoms with E-state index < -0.39 is 6.04 Å². The number of nitrogens with one attached hydrogen (secondary N) is 2. The highest BCUT2D eigenvalue weighted by Gasteiger charge is 2.44. The third-order valence-corrected chi connectivity index (χ3v) is 3.48. The zero-order valence-corrected chi connectivity index (χ0v) is 9.35. The molecule has 1 aliphatic carbocycles. The van der Waals surface area contributed by atoms with Crippen LogP contribution in [0.15, 0.2) is 30.3 Å². The summed E-state index contributed by atoms with van der Waals surface area (Å²) in [5.74, 6) is 0.435. The number of amides is 3. The number of rotatable bonds is 3. The van der Waals surface area contributed by atoms with Crippen LogP contribution in [-0.4, -0.2) is 18.0 Å². The SMILES string of the molecule is O=C1NC(=O)C(C(c2ccccc2)C2CC2)N1. The van der Waals surface area contributed by atoms with Crippen LogP contribution in [0.3, 0.4) is 0 Å². The van der Waals surface area contributed by atoms with Gasteiger partial charge in [-0.2, -0.15) is 0 Å². The van der Waals surface area contributed by atoms with Crippen LogP contribution >= 0.6 is 0 Å². The van der Waals surface area contributed by atoms with Gasteiger partial charge in [0.1, 0.15) is 6.04 Å². The average Bonchev–Trinajstić information content (AvgIpc) is 3.08. The molecule has 4 nitrogen and oxygen atoms in total. The summed E-state index contributed by atoms with van der Waals surface area (Å²) in [4.78, 5) is 22.9. The van der Waals surface area contributed by atoms with Crippen LogP contribution in [0.25, 0.3) is 0 Å². The number of carbonyl (C=O) groups is 2. The van der Waals surface area contributed by atoms with Crippen LogP contribution in [0, 0.1) is 5.92 Å². The highest BCUT2D eigenvalue weighted by Crippen LogP contribution is 2.44. The Balaban J connectivity index is 1.91. The fourth-order valence-electron chi connectivity index (χ4n) is 2.55. The molecule has 1 saturated heterocycles. The molecular weight excluding hydrogens is 216 g/mol. The minimum atomic E-state index is -0.405. The molecule has 2 N–H and O–H groups in total. The molecule has 1 aromatic rings. The lowest BCUT2D eigenvalue weighted by Gasteiger charge is -2.21. The lowest BCUT2D eigenvalue weighted by Crippen LogP contribution is -2.36. The third-order valence-electron chi connectivity index (χ3n) is 3.48. The largest absolute Gasteiger partial charge is 0.325 e. The molecule has 1 aliphatic heterocycles. The molecule has 4 heteroatoms. The van der Waals surface area contributed by atoms with E-state index in [0.717, 1.165) is 18.4 Å². The second kappa shape index (κ2) is 3.87. The Bertz CT molecular complexity index is 454. The van der Waals surface area contributed by atoms with Crippen molar-refractivity contribution in [2.45, 2.75) is 24.8 Å². The van der Waals surface area contributed by atoms with Crippen LogP contribution in [0.2, 0.25) is 0 Å². The topological polar surface area (TPSA) is 58.2 Å². The Morgan fingerprint density at radius 3 is 2.35 bits per heavy atom. The highest BCUT2D eigenvalue weighted by molar-refractivity contribution is 6.04. The van der Waals surface area contributed by atoms with Crippen LogP contribution < -0.4 is 10.6 Å². The predicted octanol–water partition coefficient (Wildman–Crippen LogP) is 1.39. The van der Waals surface area contributed by atoms with Crippen molar-refractivity contribution in [1.82, 2.24) is 10.6 Å². The number of carbonyl (C=O) groups excluding carboxylic acids is 2. The zero-order valence-electron chi connectivity index (χ0n) is 9.35. The van der Waals surface area contributed by atoms with Gasteiger partial charge in [0.05, 0.1) is 0 Å². The number of benzene rings is 1. The quantitative estimate of drug-likeness (QED) is 0.771. The van der Waals surface area contributed by atoms with Crippen molar-refractivity contribution in [1.29, 1.82) is 0 Å². The van der Waals surface area contributed by atoms with Gasteiger partial charge in [-0.25, -0.2) is 4.79 Å². The van der Waals surface area contributed by atoms with Crippen LogP contribution in [0.4, 0.5) is 4.79 Å². The van der Waals surface area contributed by atoms with E-state index in [9.17, 15) is 9.59 Å². The summed E-state index contributed by atoms with van der Waals surface area (Å²) in [6.07, 6.45) is 2.28. The van der Waals surface area contributed by atoms with Gasteiger partial charge in [-0.1, -0.05) is 30.3 Å². The van der Waals surface area contributed by atoms with E-state index in [1.54, 1.807) is 0 Å². The Labute approximate surface area is 99.4 Å². The van der Waals surface area contributed by atoms with Crippen LogP contribution in [-0.2, 0) is 4.79 Å². The summed E-state index contributed by atoms with van der Waals surface area (Å²) in [6, 6.07) is 9.18. The van der Waals surface area contributed by atoms with Crippen molar-refractivity contribution >= 4 is 11.9 Å². The second-order valence-electron chi connectivity index (χ2n) is 4.71. The Morgan fingerprint density at radius 2 is 1.82 bits per heavy atom. The van der Waals surface area contributed by atoms with E-state index in [0.29, 0.717) is 5.92 Å². The standard InChI is InChI=1S/C13H14N2O2/c16-12-11(14-13(17)15-12)10(9-6-7-9)8-4-2-1-3-5-8/h1-5,9-11H,6-7H2,(H2,14,15,16,17). The maximum absolute atomic E-state index is 11.7. The number of urea groups is 1. The fourth-order valence-corrected chi connectivity index (χ4v) is 2.55. The second-order valence-corrected chi connectivity index (χ2v) is 4.71. The van der Waals surface area contributed by atoms with Gasteiger partial charge in [0.2, 0.25) is 0 Å². The van der Waals surface area contributed by atoms with Crippen molar-refractivity contribution in [2.75, 3.05) is 0 Å². The van der Waals surface area contributed by atoms with E-state index in [1.165, 1.54) is 0 Å². The van der Waals surface area contributed by atoms with E-state index in [2.05, 4.69) is 10.6 Å². The molecule has 1 saturated carbocycles. The van der Waals surface area contributed by atoms with Gasteiger partial charge in [0, 0.05) is 5.92 Å². The molecule has 0 radical (unpaired) electrons. The summed E-state index contributed by atoms with van der Waals surface area (Å²) in [7, 11) is 0. The van der Waals surface area contributed by atoms with Crippen LogP contribution in [0.5, 0.6) is 0 Å². The predicted molar refractivity (Wildman–Crippen MR) is 62.4 cm³/mol. The lowest BCUT2D eigenvalue weighted by atomic mass is 9.87. The number of hydrogen-bond donors (Lipinski definition) is 2. The maximum atomic E-state index is 11.7. The molecule has 0 aromatic heterocycles. The summed E-state index contributed by atoms with van der Waals surface area (Å²) in [6.45, 7) is 0. The summed E-state index contributed by atoms with van der Waals surface area (Å²) in [5.41, 5.74) is 1.14. The third kappa shape index (κ3) is 1.90. The molecule has 3 amide bonds. The van der Waals surface area contributed by atoms with Gasteiger partial charge in [-0.3, -0.25) is 10.1 Å². The number of imide groups is 1. The molecular formula is C13H14N2O2. The molecule has 2 atom stereocenters. The van der Waals surface area contributed by atoms with E-state index in [1.807, 2.05) is 30.3 Å². The normalized spacial score (nSPS) is 25.3. The van der Waals surface area contributed by atoms with E-state index in [4.69, 9.17) is 0 Å². The minimum absolute atomic E-state index is 0.114. The average molecular weight is 230 g/mol. The molecule has 2 unspecified atom stereocenters. The molecule has 0 bridgehead atoms. The minimum Gasteiger partial charge on any atom is -0.325 e. The van der Waals surface area contributed by atoms with Gasteiger partial charge < -0.3 is 5.32 Å². The fraction of sp³-hybridized carbons (Fsp3) is 0.385. The van der Waals surface area contributed by atoms with E-state index in [-0.39, 0.29) is 17.9 Å². The molecule has 3 rings (SSSR count). The molecule has 1 heterocycles. The van der Waals surface area contributed by atoms with E-state index >= 15 is 0 Å². The Morgan fingerprint density at radius 1 is 1.12 bits per heavy atom. The summed E-state index contributed by atoms with van der Waals surface area (Å²) in [5, 5.41) is 5.03. The Hall–Kier alpha value is -1.84. The summed E-state index contributed by atoms with van der Waals surface area (Å²) >= 11 is 0. The van der Waals surface area contributed by atoms with Gasteiger partial charge in [-0.05, 0) is 24.3 Å². The van der Waals surface area contributed by atoms with Gasteiger partial charge in [-0.15, -0.1) is 0 Å². The lowest BCUT2D eigenvalue weighted by molar-refractivity contribution is -0.120. The van der Waals surface area contributed by atoms with Gasteiger partial charge in [0.25, 0.3) is 5.91 Å². The highest BCUT2D eigenvalue weighted by atomic mass is 16.2. The van der Waals surface area contributed by atoms with Crippen molar-refractivity contribution in [2.24, 2.45) is 5.92 Å². The van der Waals surface area contributed by atoms with Crippen molar-refractivity contribution in [3.05, 3.63) is 35.9 Å². The maximum Gasteiger partial charge on any atom is 0.322 e. The first-order valence-corrected chi connectivity index (χ1v) is 5.92. The summed E-state index contributed by atoms with van der Waals surface area (Å²) < 4.78 is 0. The number of hydrogen-bond acceptors (Lipinski definition) is 2. The first-order valence-electron chi connectivity index (χ1n) is 5.92. The molecule has 0 spiro atoms. The molecule has 88 valence electrons.